The Morgan fingerprint density at radius 2 is 2.03 bits per heavy atom. The maximum Gasteiger partial charge on any atom is 0.236 e. The van der Waals surface area contributed by atoms with Crippen molar-refractivity contribution in [2.75, 3.05) is 51.7 Å². The molecule has 0 bridgehead atoms. The first kappa shape index (κ1) is 22.5. The lowest BCUT2D eigenvalue weighted by molar-refractivity contribution is -0.132. The first-order valence-corrected chi connectivity index (χ1v) is 11.1. The molecule has 7 heteroatoms. The van der Waals surface area contributed by atoms with E-state index in [1.54, 1.807) is 0 Å². The van der Waals surface area contributed by atoms with E-state index in [2.05, 4.69) is 9.88 Å². The van der Waals surface area contributed by atoms with Crippen LogP contribution >= 0.6 is 11.6 Å². The highest BCUT2D eigenvalue weighted by Gasteiger charge is 2.27. The highest BCUT2D eigenvalue weighted by molar-refractivity contribution is 6.30. The average molecular weight is 430 g/mol. The molecule has 6 nitrogen and oxygen atoms in total. The number of piperidine rings is 1. The number of nitrogens with zero attached hydrogens (tertiary/aromatic N) is 5. The lowest BCUT2D eigenvalue weighted by Gasteiger charge is -2.34. The summed E-state index contributed by atoms with van der Waals surface area (Å²) in [6.45, 7) is 7.80. The number of amides is 1. The molecular weight excluding hydrogens is 398 g/mol. The highest BCUT2D eigenvalue weighted by atomic mass is 35.5. The number of carbonyl (C=O) groups is 1. The van der Waals surface area contributed by atoms with E-state index in [0.717, 1.165) is 55.8 Å². The summed E-state index contributed by atoms with van der Waals surface area (Å²) in [5.41, 5.74) is 3.08. The quantitative estimate of drug-likeness (QED) is 0.667. The molecule has 1 unspecified atom stereocenters. The average Bonchev–Trinajstić information content (AvgIpc) is 2.74. The molecule has 2 aromatic rings. The molecule has 1 fully saturated rings. The number of benzene rings is 1. The van der Waals surface area contributed by atoms with E-state index in [4.69, 9.17) is 16.6 Å². The van der Waals surface area contributed by atoms with Crippen LogP contribution in [-0.4, -0.2) is 72.5 Å². The standard InChI is InChI=1S/C23H32ClN5O/c1-5-29(6-2)21(30)16-28-12-8-10-18(15-28)22-20(14-25-23(26-22)27(3)4)17-9-7-11-19(24)13-17/h7,9,11,13-14,18H,5-6,8,10,12,15-16H2,1-4H3. The normalized spacial score (nSPS) is 17.0. The number of hydrogen-bond donors (Lipinski definition) is 0. The molecule has 1 atom stereocenters. The van der Waals surface area contributed by atoms with Crippen LogP contribution in [0.4, 0.5) is 5.95 Å². The van der Waals surface area contributed by atoms with Gasteiger partial charge in [-0.25, -0.2) is 9.97 Å². The van der Waals surface area contributed by atoms with Gasteiger partial charge in [0, 0.05) is 56.4 Å². The summed E-state index contributed by atoms with van der Waals surface area (Å²) in [7, 11) is 3.90. The largest absolute Gasteiger partial charge is 0.347 e. The van der Waals surface area contributed by atoms with E-state index in [1.165, 1.54) is 0 Å². The lowest BCUT2D eigenvalue weighted by atomic mass is 9.90. The van der Waals surface area contributed by atoms with Crippen LogP contribution in [0.25, 0.3) is 11.1 Å². The van der Waals surface area contributed by atoms with Crippen molar-refractivity contribution in [3.8, 4) is 11.1 Å². The summed E-state index contributed by atoms with van der Waals surface area (Å²) in [6.07, 6.45) is 4.00. The predicted octanol–water partition coefficient (Wildman–Crippen LogP) is 3.91. The molecule has 1 saturated heterocycles. The Morgan fingerprint density at radius 1 is 1.27 bits per heavy atom. The van der Waals surface area contributed by atoms with Crippen molar-refractivity contribution in [2.24, 2.45) is 0 Å². The molecule has 1 aromatic carbocycles. The number of likely N-dealkylation sites (N-methyl/N-ethyl adjacent to an activating group) is 1. The summed E-state index contributed by atoms with van der Waals surface area (Å²) in [6, 6.07) is 7.84. The van der Waals surface area contributed by atoms with Gasteiger partial charge in [-0.3, -0.25) is 9.69 Å². The van der Waals surface area contributed by atoms with Crippen molar-refractivity contribution < 1.29 is 4.79 Å². The summed E-state index contributed by atoms with van der Waals surface area (Å²) >= 11 is 6.25. The van der Waals surface area contributed by atoms with Crippen LogP contribution in [0.1, 0.15) is 38.3 Å². The Labute approximate surface area is 184 Å². The second kappa shape index (κ2) is 10.2. The van der Waals surface area contributed by atoms with Gasteiger partial charge < -0.3 is 9.80 Å². The van der Waals surface area contributed by atoms with Gasteiger partial charge in [0.1, 0.15) is 0 Å². The fourth-order valence-corrected chi connectivity index (χ4v) is 4.27. The second-order valence-corrected chi connectivity index (χ2v) is 8.45. The van der Waals surface area contributed by atoms with Crippen molar-refractivity contribution in [2.45, 2.75) is 32.6 Å². The third-order valence-corrected chi connectivity index (χ3v) is 5.94. The van der Waals surface area contributed by atoms with Gasteiger partial charge in [0.25, 0.3) is 0 Å². The molecule has 1 aliphatic heterocycles. The van der Waals surface area contributed by atoms with Gasteiger partial charge >= 0.3 is 0 Å². The van der Waals surface area contributed by atoms with Crippen LogP contribution in [0.3, 0.4) is 0 Å². The maximum absolute atomic E-state index is 12.6. The zero-order chi connectivity index (χ0) is 21.7. The van der Waals surface area contributed by atoms with Crippen LogP contribution in [-0.2, 0) is 4.79 Å². The SMILES string of the molecule is CCN(CC)C(=O)CN1CCCC(c2nc(N(C)C)ncc2-c2cccc(Cl)c2)C1. The smallest absolute Gasteiger partial charge is 0.236 e. The van der Waals surface area contributed by atoms with Gasteiger partial charge in [0.2, 0.25) is 11.9 Å². The molecule has 0 spiro atoms. The number of halogens is 1. The van der Waals surface area contributed by atoms with Crippen LogP contribution < -0.4 is 4.90 Å². The van der Waals surface area contributed by atoms with Crippen molar-refractivity contribution in [1.29, 1.82) is 0 Å². The van der Waals surface area contributed by atoms with Crippen LogP contribution in [0.15, 0.2) is 30.5 Å². The summed E-state index contributed by atoms with van der Waals surface area (Å²) < 4.78 is 0. The van der Waals surface area contributed by atoms with E-state index < -0.39 is 0 Å². The van der Waals surface area contributed by atoms with Crippen molar-refractivity contribution in [3.63, 3.8) is 0 Å². The molecule has 1 aliphatic rings. The van der Waals surface area contributed by atoms with Crippen molar-refractivity contribution in [3.05, 3.63) is 41.2 Å². The molecule has 1 aromatic heterocycles. The summed E-state index contributed by atoms with van der Waals surface area (Å²) in [4.78, 5) is 28.2. The van der Waals surface area contributed by atoms with Gasteiger partial charge in [-0.05, 0) is 50.9 Å². The molecular formula is C23H32ClN5O. The van der Waals surface area contributed by atoms with Gasteiger partial charge in [0.15, 0.2) is 0 Å². The zero-order valence-electron chi connectivity index (χ0n) is 18.4. The van der Waals surface area contributed by atoms with Gasteiger partial charge in [-0.15, -0.1) is 0 Å². The first-order valence-electron chi connectivity index (χ1n) is 10.7. The second-order valence-electron chi connectivity index (χ2n) is 8.01. The fraction of sp³-hybridized carbons (Fsp3) is 0.522. The van der Waals surface area contributed by atoms with Crippen LogP contribution in [0.5, 0.6) is 0 Å². The Hall–Kier alpha value is -2.18. The van der Waals surface area contributed by atoms with E-state index >= 15 is 0 Å². The summed E-state index contributed by atoms with van der Waals surface area (Å²) in [5, 5.41) is 0.699. The van der Waals surface area contributed by atoms with Crippen molar-refractivity contribution >= 4 is 23.5 Å². The summed E-state index contributed by atoms with van der Waals surface area (Å²) in [5.74, 6) is 1.15. The maximum atomic E-state index is 12.6. The molecule has 1 amide bonds. The first-order chi connectivity index (χ1) is 14.4. The Balaban J connectivity index is 1.89. The third kappa shape index (κ3) is 5.29. The van der Waals surface area contributed by atoms with Crippen molar-refractivity contribution in [1.82, 2.24) is 19.8 Å². The van der Waals surface area contributed by atoms with Crippen LogP contribution in [0, 0.1) is 0 Å². The topological polar surface area (TPSA) is 52.6 Å². The number of likely N-dealkylation sites (tertiary alicyclic amines) is 1. The van der Waals surface area contributed by atoms with Gasteiger partial charge in [-0.2, -0.15) is 0 Å². The fourth-order valence-electron chi connectivity index (χ4n) is 4.08. The van der Waals surface area contributed by atoms with Gasteiger partial charge in [-0.1, -0.05) is 23.7 Å². The number of aromatic nitrogens is 2. The molecule has 162 valence electrons. The minimum absolute atomic E-state index is 0.201. The minimum atomic E-state index is 0.201. The number of hydrogen-bond acceptors (Lipinski definition) is 5. The molecule has 3 rings (SSSR count). The molecule has 0 radical (unpaired) electrons. The van der Waals surface area contributed by atoms with E-state index in [9.17, 15) is 4.79 Å². The molecule has 2 heterocycles. The molecule has 0 N–H and O–H groups in total. The Bertz CT molecular complexity index is 868. The van der Waals surface area contributed by atoms with Gasteiger partial charge in [0.05, 0.1) is 12.2 Å². The highest BCUT2D eigenvalue weighted by Crippen LogP contribution is 2.34. The molecule has 0 saturated carbocycles. The number of anilines is 1. The number of rotatable bonds is 7. The third-order valence-electron chi connectivity index (χ3n) is 5.71. The Morgan fingerprint density at radius 3 is 2.70 bits per heavy atom. The lowest BCUT2D eigenvalue weighted by Crippen LogP contribution is -2.44. The minimum Gasteiger partial charge on any atom is -0.347 e. The Kier molecular flexibility index (Phi) is 7.67. The molecule has 30 heavy (non-hydrogen) atoms. The molecule has 0 aliphatic carbocycles. The van der Waals surface area contributed by atoms with E-state index in [0.29, 0.717) is 17.5 Å². The number of carbonyl (C=O) groups excluding carboxylic acids is 1. The monoisotopic (exact) mass is 429 g/mol. The van der Waals surface area contributed by atoms with E-state index in [1.807, 2.05) is 68.2 Å². The van der Waals surface area contributed by atoms with E-state index in [-0.39, 0.29) is 11.8 Å². The zero-order valence-corrected chi connectivity index (χ0v) is 19.2. The van der Waals surface area contributed by atoms with Crippen LogP contribution in [0.2, 0.25) is 5.02 Å². The predicted molar refractivity (Wildman–Crippen MR) is 123 cm³/mol.